The summed E-state index contributed by atoms with van der Waals surface area (Å²) in [6, 6.07) is 10.3. The second-order valence-corrected chi connectivity index (χ2v) is 4.48. The summed E-state index contributed by atoms with van der Waals surface area (Å²) in [5.41, 5.74) is 2.06. The van der Waals surface area contributed by atoms with Crippen LogP contribution in [-0.4, -0.2) is 12.2 Å². The van der Waals surface area contributed by atoms with Crippen LogP contribution >= 0.6 is 0 Å². The molecule has 0 radical (unpaired) electrons. The van der Waals surface area contributed by atoms with Crippen molar-refractivity contribution in [3.05, 3.63) is 58.9 Å². The van der Waals surface area contributed by atoms with Gasteiger partial charge in [0.1, 0.15) is 12.4 Å². The molecule has 0 amide bonds. The van der Waals surface area contributed by atoms with Crippen molar-refractivity contribution >= 4 is 0 Å². The molecule has 0 bridgehead atoms. The first-order chi connectivity index (χ1) is 9.65. The third kappa shape index (κ3) is 3.08. The molecule has 0 unspecified atom stereocenters. The number of benzene rings is 2. The first-order valence-electron chi connectivity index (χ1n) is 6.30. The number of hydrogen-bond acceptors (Lipinski definition) is 3. The highest BCUT2D eigenvalue weighted by Crippen LogP contribution is 2.24. The molecule has 20 heavy (non-hydrogen) atoms. The van der Waals surface area contributed by atoms with E-state index in [-0.39, 0.29) is 24.8 Å². The minimum atomic E-state index is -0.357. The van der Waals surface area contributed by atoms with Crippen molar-refractivity contribution in [3.8, 4) is 11.5 Å². The molecule has 106 valence electrons. The standard InChI is InChI=1S/C16H17FO3/c1-11-4-3-5-15(16(11)17)20-10-13-8-12(9-18)6-7-14(13)19-2/h3-8,18H,9-10H2,1-2H3. The summed E-state index contributed by atoms with van der Waals surface area (Å²) in [6.45, 7) is 1.81. The Hall–Kier alpha value is -2.07. The molecule has 0 atom stereocenters. The zero-order chi connectivity index (χ0) is 14.5. The van der Waals surface area contributed by atoms with E-state index in [1.165, 1.54) is 0 Å². The Morgan fingerprint density at radius 3 is 2.65 bits per heavy atom. The number of aliphatic hydroxyl groups excluding tert-OH is 1. The number of ether oxygens (including phenoxy) is 2. The van der Waals surface area contributed by atoms with Gasteiger partial charge >= 0.3 is 0 Å². The number of methoxy groups -OCH3 is 1. The maximum absolute atomic E-state index is 13.8. The van der Waals surface area contributed by atoms with Gasteiger partial charge in [0.05, 0.1) is 13.7 Å². The molecule has 2 aromatic carbocycles. The minimum Gasteiger partial charge on any atom is -0.496 e. The van der Waals surface area contributed by atoms with Crippen molar-refractivity contribution < 1.29 is 19.0 Å². The fourth-order valence-corrected chi connectivity index (χ4v) is 1.93. The van der Waals surface area contributed by atoms with Gasteiger partial charge in [-0.25, -0.2) is 4.39 Å². The van der Waals surface area contributed by atoms with E-state index in [0.717, 1.165) is 11.1 Å². The molecular formula is C16H17FO3. The van der Waals surface area contributed by atoms with Gasteiger partial charge in [-0.3, -0.25) is 0 Å². The Kier molecular flexibility index (Phi) is 4.58. The molecule has 3 nitrogen and oxygen atoms in total. The van der Waals surface area contributed by atoms with Gasteiger partial charge in [-0.05, 0) is 36.2 Å². The average molecular weight is 276 g/mol. The van der Waals surface area contributed by atoms with E-state index in [0.29, 0.717) is 11.3 Å². The van der Waals surface area contributed by atoms with Crippen LogP contribution in [0.4, 0.5) is 4.39 Å². The molecule has 0 saturated heterocycles. The first-order valence-corrected chi connectivity index (χ1v) is 6.30. The number of aliphatic hydroxyl groups is 1. The number of rotatable bonds is 5. The molecule has 4 heteroatoms. The predicted octanol–water partition coefficient (Wildman–Crippen LogP) is 3.21. The van der Waals surface area contributed by atoms with Crippen molar-refractivity contribution in [1.82, 2.24) is 0 Å². The van der Waals surface area contributed by atoms with Crippen molar-refractivity contribution in [1.29, 1.82) is 0 Å². The van der Waals surface area contributed by atoms with Crippen molar-refractivity contribution in [2.24, 2.45) is 0 Å². The van der Waals surface area contributed by atoms with Gasteiger partial charge < -0.3 is 14.6 Å². The lowest BCUT2D eigenvalue weighted by Crippen LogP contribution is -2.02. The molecular weight excluding hydrogens is 259 g/mol. The Bertz CT molecular complexity index is 596. The van der Waals surface area contributed by atoms with E-state index < -0.39 is 0 Å². The van der Waals surface area contributed by atoms with Crippen molar-refractivity contribution in [3.63, 3.8) is 0 Å². The molecule has 0 aliphatic heterocycles. The third-order valence-corrected chi connectivity index (χ3v) is 3.07. The van der Waals surface area contributed by atoms with Gasteiger partial charge in [0.15, 0.2) is 11.6 Å². The van der Waals surface area contributed by atoms with Crippen molar-refractivity contribution in [2.75, 3.05) is 7.11 Å². The van der Waals surface area contributed by atoms with Crippen LogP contribution in [0, 0.1) is 12.7 Å². The van der Waals surface area contributed by atoms with Gasteiger partial charge in [0.25, 0.3) is 0 Å². The number of halogens is 1. The summed E-state index contributed by atoms with van der Waals surface area (Å²) in [7, 11) is 1.56. The normalized spacial score (nSPS) is 10.4. The fourth-order valence-electron chi connectivity index (χ4n) is 1.93. The minimum absolute atomic E-state index is 0.0597. The molecule has 0 aliphatic rings. The highest BCUT2D eigenvalue weighted by Gasteiger charge is 2.09. The van der Waals surface area contributed by atoms with Crippen LogP contribution in [0.1, 0.15) is 16.7 Å². The van der Waals surface area contributed by atoms with Gasteiger partial charge in [0.2, 0.25) is 0 Å². The molecule has 2 aromatic rings. The Morgan fingerprint density at radius 2 is 1.95 bits per heavy atom. The summed E-state index contributed by atoms with van der Waals surface area (Å²) >= 11 is 0. The Labute approximate surface area is 117 Å². The smallest absolute Gasteiger partial charge is 0.167 e. The SMILES string of the molecule is COc1ccc(CO)cc1COc1cccc(C)c1F. The van der Waals surface area contributed by atoms with Gasteiger partial charge in [0, 0.05) is 5.56 Å². The Morgan fingerprint density at radius 1 is 1.15 bits per heavy atom. The summed E-state index contributed by atoms with van der Waals surface area (Å²) in [5.74, 6) is 0.501. The molecule has 0 heterocycles. The molecule has 2 rings (SSSR count). The summed E-state index contributed by atoms with van der Waals surface area (Å²) in [6.07, 6.45) is 0. The molecule has 0 aromatic heterocycles. The second-order valence-electron chi connectivity index (χ2n) is 4.48. The molecule has 0 aliphatic carbocycles. The number of aryl methyl sites for hydroxylation is 1. The summed E-state index contributed by atoms with van der Waals surface area (Å²) in [4.78, 5) is 0. The molecule has 1 N–H and O–H groups in total. The van der Waals surface area contributed by atoms with Crippen LogP contribution in [0.5, 0.6) is 11.5 Å². The lowest BCUT2D eigenvalue weighted by Gasteiger charge is -2.12. The van der Waals surface area contributed by atoms with E-state index in [1.807, 2.05) is 0 Å². The molecule has 0 fully saturated rings. The monoisotopic (exact) mass is 276 g/mol. The highest BCUT2D eigenvalue weighted by molar-refractivity contribution is 5.37. The largest absolute Gasteiger partial charge is 0.496 e. The lowest BCUT2D eigenvalue weighted by atomic mass is 10.1. The van der Waals surface area contributed by atoms with Crippen LogP contribution in [0.15, 0.2) is 36.4 Å². The summed E-state index contributed by atoms with van der Waals surface area (Å²) < 4.78 is 24.6. The van der Waals surface area contributed by atoms with Gasteiger partial charge in [-0.1, -0.05) is 18.2 Å². The topological polar surface area (TPSA) is 38.7 Å². The van der Waals surface area contributed by atoms with Crippen LogP contribution in [0.3, 0.4) is 0 Å². The molecule has 0 spiro atoms. The van der Waals surface area contributed by atoms with E-state index in [1.54, 1.807) is 50.4 Å². The van der Waals surface area contributed by atoms with Crippen molar-refractivity contribution in [2.45, 2.75) is 20.1 Å². The van der Waals surface area contributed by atoms with E-state index in [4.69, 9.17) is 14.6 Å². The van der Waals surface area contributed by atoms with Crippen LogP contribution in [0.2, 0.25) is 0 Å². The van der Waals surface area contributed by atoms with Gasteiger partial charge in [-0.2, -0.15) is 0 Å². The first kappa shape index (κ1) is 14.3. The zero-order valence-electron chi connectivity index (χ0n) is 11.5. The second kappa shape index (κ2) is 6.39. The van der Waals surface area contributed by atoms with E-state index in [2.05, 4.69) is 0 Å². The van der Waals surface area contributed by atoms with Gasteiger partial charge in [-0.15, -0.1) is 0 Å². The maximum Gasteiger partial charge on any atom is 0.167 e. The Balaban J connectivity index is 2.19. The zero-order valence-corrected chi connectivity index (χ0v) is 11.5. The third-order valence-electron chi connectivity index (χ3n) is 3.07. The quantitative estimate of drug-likeness (QED) is 0.911. The fraction of sp³-hybridized carbons (Fsp3) is 0.250. The highest BCUT2D eigenvalue weighted by atomic mass is 19.1. The van der Waals surface area contributed by atoms with E-state index >= 15 is 0 Å². The average Bonchev–Trinajstić information content (AvgIpc) is 2.48. The van der Waals surface area contributed by atoms with Crippen LogP contribution < -0.4 is 9.47 Å². The van der Waals surface area contributed by atoms with Crippen LogP contribution in [-0.2, 0) is 13.2 Å². The maximum atomic E-state index is 13.8. The predicted molar refractivity (Wildman–Crippen MR) is 74.4 cm³/mol. The molecule has 0 saturated carbocycles. The van der Waals surface area contributed by atoms with Crippen LogP contribution in [0.25, 0.3) is 0 Å². The lowest BCUT2D eigenvalue weighted by molar-refractivity contribution is 0.274. The number of hydrogen-bond donors (Lipinski definition) is 1. The summed E-state index contributed by atoms with van der Waals surface area (Å²) in [5, 5.41) is 9.15. The van der Waals surface area contributed by atoms with E-state index in [9.17, 15) is 4.39 Å².